The number of halogens is 1. The summed E-state index contributed by atoms with van der Waals surface area (Å²) in [5.74, 6) is 0.304. The molecule has 5 nitrogen and oxygen atoms in total. The lowest BCUT2D eigenvalue weighted by Crippen LogP contribution is -2.44. The summed E-state index contributed by atoms with van der Waals surface area (Å²) in [6.07, 6.45) is 0.940. The molecule has 2 amide bonds. The van der Waals surface area contributed by atoms with Crippen LogP contribution in [-0.4, -0.2) is 29.5 Å². The Morgan fingerprint density at radius 3 is 2.68 bits per heavy atom. The SMILES string of the molecule is Cc1cc(I)ccc1NC(=O)[C@H]1CCCN1C(=O)Oc1ccccc1. The summed E-state index contributed by atoms with van der Waals surface area (Å²) in [7, 11) is 0. The van der Waals surface area contributed by atoms with Crippen molar-refractivity contribution in [2.75, 3.05) is 11.9 Å². The van der Waals surface area contributed by atoms with Crippen LogP contribution >= 0.6 is 22.6 Å². The minimum absolute atomic E-state index is 0.174. The predicted molar refractivity (Wildman–Crippen MR) is 105 cm³/mol. The monoisotopic (exact) mass is 450 g/mol. The Kier molecular flexibility index (Phi) is 5.57. The average molecular weight is 450 g/mol. The second-order valence-corrected chi connectivity index (χ2v) is 7.23. The Balaban J connectivity index is 1.68. The highest BCUT2D eigenvalue weighted by molar-refractivity contribution is 14.1. The quantitative estimate of drug-likeness (QED) is 0.714. The number of ether oxygens (including phenoxy) is 1. The molecule has 0 aromatic heterocycles. The molecule has 6 heteroatoms. The van der Waals surface area contributed by atoms with E-state index in [1.807, 2.05) is 31.2 Å². The van der Waals surface area contributed by atoms with Gasteiger partial charge in [0.25, 0.3) is 0 Å². The summed E-state index contributed by atoms with van der Waals surface area (Å²) in [4.78, 5) is 26.6. The van der Waals surface area contributed by atoms with Crippen LogP contribution < -0.4 is 10.1 Å². The maximum atomic E-state index is 12.7. The topological polar surface area (TPSA) is 58.6 Å². The number of carbonyl (C=O) groups is 2. The summed E-state index contributed by atoms with van der Waals surface area (Å²) in [6, 6.07) is 14.2. The van der Waals surface area contributed by atoms with Crippen molar-refractivity contribution in [3.8, 4) is 5.75 Å². The first-order valence-corrected chi connectivity index (χ1v) is 9.23. The Hall–Kier alpha value is -2.09. The van der Waals surface area contributed by atoms with Gasteiger partial charge in [-0.25, -0.2) is 4.79 Å². The van der Waals surface area contributed by atoms with E-state index >= 15 is 0 Å². The molecule has 3 rings (SSSR count). The van der Waals surface area contributed by atoms with Crippen LogP contribution in [0.5, 0.6) is 5.75 Å². The molecule has 1 heterocycles. The van der Waals surface area contributed by atoms with Crippen molar-refractivity contribution in [3.63, 3.8) is 0 Å². The molecule has 1 atom stereocenters. The van der Waals surface area contributed by atoms with Crippen LogP contribution in [0, 0.1) is 10.5 Å². The van der Waals surface area contributed by atoms with Crippen LogP contribution in [0.3, 0.4) is 0 Å². The van der Waals surface area contributed by atoms with Gasteiger partial charge in [0, 0.05) is 15.8 Å². The van der Waals surface area contributed by atoms with E-state index in [0.29, 0.717) is 18.7 Å². The van der Waals surface area contributed by atoms with Crippen molar-refractivity contribution in [1.29, 1.82) is 0 Å². The minimum Gasteiger partial charge on any atom is -0.410 e. The number of benzene rings is 2. The second-order valence-electron chi connectivity index (χ2n) is 5.98. The Labute approximate surface area is 160 Å². The molecule has 2 aromatic rings. The highest BCUT2D eigenvalue weighted by Gasteiger charge is 2.35. The van der Waals surface area contributed by atoms with E-state index in [1.165, 1.54) is 4.90 Å². The number of rotatable bonds is 3. The zero-order valence-corrected chi connectivity index (χ0v) is 16.0. The number of nitrogens with one attached hydrogen (secondary N) is 1. The lowest BCUT2D eigenvalue weighted by molar-refractivity contribution is -0.119. The number of amides is 2. The van der Waals surface area contributed by atoms with Crippen LogP contribution in [0.25, 0.3) is 0 Å². The predicted octanol–water partition coefficient (Wildman–Crippen LogP) is 4.20. The number of likely N-dealkylation sites (tertiary alicyclic amines) is 1. The van der Waals surface area contributed by atoms with Gasteiger partial charge in [0.2, 0.25) is 5.91 Å². The Morgan fingerprint density at radius 1 is 1.20 bits per heavy atom. The fraction of sp³-hybridized carbons (Fsp3) is 0.263. The van der Waals surface area contributed by atoms with Gasteiger partial charge in [-0.15, -0.1) is 0 Å². The Bertz CT molecular complexity index is 779. The van der Waals surface area contributed by atoms with Crippen LogP contribution in [0.4, 0.5) is 10.5 Å². The van der Waals surface area contributed by atoms with E-state index in [1.54, 1.807) is 24.3 Å². The fourth-order valence-electron chi connectivity index (χ4n) is 2.89. The molecule has 2 aromatic carbocycles. The smallest absolute Gasteiger partial charge is 0.410 e. The number of hydrogen-bond acceptors (Lipinski definition) is 3. The molecule has 25 heavy (non-hydrogen) atoms. The van der Waals surface area contributed by atoms with Crippen LogP contribution in [0.2, 0.25) is 0 Å². The largest absolute Gasteiger partial charge is 0.415 e. The van der Waals surface area contributed by atoms with Crippen LogP contribution in [-0.2, 0) is 4.79 Å². The normalized spacial score (nSPS) is 16.6. The molecule has 0 saturated carbocycles. The summed E-state index contributed by atoms with van der Waals surface area (Å²) in [5.41, 5.74) is 1.77. The lowest BCUT2D eigenvalue weighted by atomic mass is 10.1. The van der Waals surface area contributed by atoms with Crippen molar-refractivity contribution >= 4 is 40.3 Å². The molecular formula is C19H19IN2O3. The summed E-state index contributed by atoms with van der Waals surface area (Å²) in [5, 5.41) is 2.94. The molecule has 0 aliphatic carbocycles. The summed E-state index contributed by atoms with van der Waals surface area (Å²) >= 11 is 2.23. The van der Waals surface area contributed by atoms with Gasteiger partial charge in [-0.3, -0.25) is 9.69 Å². The van der Waals surface area contributed by atoms with Crippen LogP contribution in [0.1, 0.15) is 18.4 Å². The van der Waals surface area contributed by atoms with Gasteiger partial charge in [0.05, 0.1) is 0 Å². The number of hydrogen-bond donors (Lipinski definition) is 1. The average Bonchev–Trinajstić information content (AvgIpc) is 3.08. The first-order chi connectivity index (χ1) is 12.0. The molecule has 1 saturated heterocycles. The number of carbonyl (C=O) groups excluding carboxylic acids is 2. The second kappa shape index (κ2) is 7.86. The van der Waals surface area contributed by atoms with E-state index in [9.17, 15) is 9.59 Å². The third-order valence-corrected chi connectivity index (χ3v) is 4.86. The van der Waals surface area contributed by atoms with Gasteiger partial charge < -0.3 is 10.1 Å². The van der Waals surface area contributed by atoms with Crippen molar-refractivity contribution in [2.45, 2.75) is 25.8 Å². The third-order valence-electron chi connectivity index (χ3n) is 4.18. The third kappa shape index (κ3) is 4.31. The van der Waals surface area contributed by atoms with Gasteiger partial charge >= 0.3 is 6.09 Å². The maximum Gasteiger partial charge on any atom is 0.415 e. The maximum absolute atomic E-state index is 12.7. The molecule has 1 aliphatic heterocycles. The number of anilines is 1. The zero-order chi connectivity index (χ0) is 17.8. The van der Waals surface area contributed by atoms with Crippen molar-refractivity contribution < 1.29 is 14.3 Å². The number of para-hydroxylation sites is 1. The summed E-state index contributed by atoms with van der Waals surface area (Å²) < 4.78 is 6.49. The van der Waals surface area contributed by atoms with E-state index in [2.05, 4.69) is 27.9 Å². The van der Waals surface area contributed by atoms with E-state index < -0.39 is 12.1 Å². The van der Waals surface area contributed by atoms with Gasteiger partial charge in [0.1, 0.15) is 11.8 Å². The van der Waals surface area contributed by atoms with E-state index in [-0.39, 0.29) is 5.91 Å². The molecule has 1 aliphatic rings. The molecular weight excluding hydrogens is 431 g/mol. The molecule has 130 valence electrons. The molecule has 0 radical (unpaired) electrons. The molecule has 1 N–H and O–H groups in total. The minimum atomic E-state index is -0.505. The van der Waals surface area contributed by atoms with Gasteiger partial charge in [-0.2, -0.15) is 0 Å². The van der Waals surface area contributed by atoms with Crippen LogP contribution in [0.15, 0.2) is 48.5 Å². The molecule has 0 bridgehead atoms. The van der Waals surface area contributed by atoms with Gasteiger partial charge in [-0.05, 0) is 78.3 Å². The number of aryl methyl sites for hydroxylation is 1. The lowest BCUT2D eigenvalue weighted by Gasteiger charge is -2.23. The highest BCUT2D eigenvalue weighted by atomic mass is 127. The first-order valence-electron chi connectivity index (χ1n) is 8.15. The van der Waals surface area contributed by atoms with Crippen molar-refractivity contribution in [3.05, 3.63) is 57.7 Å². The Morgan fingerprint density at radius 2 is 1.96 bits per heavy atom. The van der Waals surface area contributed by atoms with E-state index in [0.717, 1.165) is 21.2 Å². The molecule has 1 fully saturated rings. The fourth-order valence-corrected chi connectivity index (χ4v) is 3.54. The number of nitrogens with zero attached hydrogens (tertiary/aromatic N) is 1. The molecule has 0 spiro atoms. The summed E-state index contributed by atoms with van der Waals surface area (Å²) in [6.45, 7) is 2.48. The zero-order valence-electron chi connectivity index (χ0n) is 13.9. The first kappa shape index (κ1) is 17.7. The van der Waals surface area contributed by atoms with Crippen molar-refractivity contribution in [1.82, 2.24) is 4.90 Å². The van der Waals surface area contributed by atoms with Crippen molar-refractivity contribution in [2.24, 2.45) is 0 Å². The van der Waals surface area contributed by atoms with E-state index in [4.69, 9.17) is 4.74 Å². The molecule has 0 unspecified atom stereocenters. The standard InChI is InChI=1S/C19H19IN2O3/c1-13-12-14(20)9-10-16(13)21-18(23)17-8-5-11-22(17)19(24)25-15-6-3-2-4-7-15/h2-4,6-7,9-10,12,17H,5,8,11H2,1H3,(H,21,23)/t17-/m1/s1. The highest BCUT2D eigenvalue weighted by Crippen LogP contribution is 2.23. The van der Waals surface area contributed by atoms with Gasteiger partial charge in [0.15, 0.2) is 0 Å². The van der Waals surface area contributed by atoms with Gasteiger partial charge in [-0.1, -0.05) is 18.2 Å².